The monoisotopic (exact) mass is 336 g/mol. The molecule has 1 aromatic heterocycles. The van der Waals surface area contributed by atoms with Crippen LogP contribution in [0.3, 0.4) is 0 Å². The highest BCUT2D eigenvalue weighted by molar-refractivity contribution is 9.10. The van der Waals surface area contributed by atoms with Gasteiger partial charge in [0.05, 0.1) is 17.9 Å². The van der Waals surface area contributed by atoms with Crippen molar-refractivity contribution in [1.82, 2.24) is 20.3 Å². The second kappa shape index (κ2) is 6.50. The normalized spacial score (nSPS) is 12.7. The third-order valence-corrected chi connectivity index (χ3v) is 4.69. The Balaban J connectivity index is 2.44. The van der Waals surface area contributed by atoms with Crippen LogP contribution >= 0.6 is 15.9 Å². The van der Waals surface area contributed by atoms with E-state index in [1.165, 1.54) is 21.2 Å². The van der Waals surface area contributed by atoms with Gasteiger partial charge in [0.25, 0.3) is 0 Å². The average molecular weight is 337 g/mol. The molecular formula is C15H21BrN4. The number of aryl methyl sites for hydroxylation is 3. The van der Waals surface area contributed by atoms with Crippen molar-refractivity contribution in [2.45, 2.75) is 33.2 Å². The third-order valence-electron chi connectivity index (χ3n) is 3.44. The van der Waals surface area contributed by atoms with Gasteiger partial charge in [0.15, 0.2) is 0 Å². The Kier molecular flexibility index (Phi) is 4.94. The number of aromatic nitrogens is 3. The van der Waals surface area contributed by atoms with E-state index in [1.54, 1.807) is 0 Å². The average Bonchev–Trinajstić information content (AvgIpc) is 2.83. The highest BCUT2D eigenvalue weighted by Crippen LogP contribution is 2.28. The fraction of sp³-hybridized carbons (Fsp3) is 0.467. The first kappa shape index (κ1) is 15.2. The lowest BCUT2D eigenvalue weighted by atomic mass is 9.99. The van der Waals surface area contributed by atoms with Crippen LogP contribution in [0.25, 0.3) is 0 Å². The Hall–Kier alpha value is -1.20. The van der Waals surface area contributed by atoms with Crippen molar-refractivity contribution in [1.29, 1.82) is 0 Å². The number of benzene rings is 1. The van der Waals surface area contributed by atoms with E-state index in [0.717, 1.165) is 18.7 Å². The van der Waals surface area contributed by atoms with Gasteiger partial charge in [-0.1, -0.05) is 40.2 Å². The Morgan fingerprint density at radius 3 is 2.45 bits per heavy atom. The summed E-state index contributed by atoms with van der Waals surface area (Å²) in [6, 6.07) is 4.56. The number of hydrogen-bond donors (Lipinski definition) is 1. The van der Waals surface area contributed by atoms with Crippen LogP contribution < -0.4 is 5.32 Å². The molecule has 0 bridgehead atoms. The van der Waals surface area contributed by atoms with Crippen LogP contribution in [-0.2, 0) is 7.05 Å². The van der Waals surface area contributed by atoms with Crippen LogP contribution in [0.5, 0.6) is 0 Å². The van der Waals surface area contributed by atoms with Crippen molar-refractivity contribution in [3.63, 3.8) is 0 Å². The second-order valence-corrected chi connectivity index (χ2v) is 5.93. The Labute approximate surface area is 128 Å². The standard InChI is InChI=1S/C15H21BrN4/c1-5-6-17-15(13-9-18-19-20(13)4)12-7-10(2)14(16)11(3)8-12/h7-9,15,17H,5-6H2,1-4H3. The van der Waals surface area contributed by atoms with E-state index in [0.29, 0.717) is 0 Å². The first-order chi connectivity index (χ1) is 9.54. The van der Waals surface area contributed by atoms with Crippen LogP contribution in [0.1, 0.15) is 41.8 Å². The maximum atomic E-state index is 4.05. The van der Waals surface area contributed by atoms with Crippen LogP contribution in [-0.4, -0.2) is 21.5 Å². The highest BCUT2D eigenvalue weighted by atomic mass is 79.9. The molecule has 1 aromatic carbocycles. The fourth-order valence-electron chi connectivity index (χ4n) is 2.39. The van der Waals surface area contributed by atoms with E-state index in [1.807, 2.05) is 17.9 Å². The molecule has 0 fully saturated rings. The minimum absolute atomic E-state index is 0.125. The summed E-state index contributed by atoms with van der Waals surface area (Å²) in [5.74, 6) is 0. The molecule has 1 N–H and O–H groups in total. The van der Waals surface area contributed by atoms with Gasteiger partial charge in [0, 0.05) is 11.5 Å². The van der Waals surface area contributed by atoms with Crippen molar-refractivity contribution in [3.05, 3.63) is 45.2 Å². The molecule has 0 amide bonds. The first-order valence-electron chi connectivity index (χ1n) is 6.89. The van der Waals surface area contributed by atoms with Crippen molar-refractivity contribution in [3.8, 4) is 0 Å². The quantitative estimate of drug-likeness (QED) is 0.910. The van der Waals surface area contributed by atoms with Crippen molar-refractivity contribution in [2.75, 3.05) is 6.54 Å². The highest BCUT2D eigenvalue weighted by Gasteiger charge is 2.18. The van der Waals surface area contributed by atoms with Crippen molar-refractivity contribution >= 4 is 15.9 Å². The van der Waals surface area contributed by atoms with Gasteiger partial charge in [0.2, 0.25) is 0 Å². The van der Waals surface area contributed by atoms with E-state index in [2.05, 4.69) is 64.5 Å². The maximum absolute atomic E-state index is 4.05. The summed E-state index contributed by atoms with van der Waals surface area (Å²) in [5.41, 5.74) is 4.83. The van der Waals surface area contributed by atoms with Gasteiger partial charge < -0.3 is 5.32 Å². The van der Waals surface area contributed by atoms with Gasteiger partial charge in [0.1, 0.15) is 0 Å². The summed E-state index contributed by atoms with van der Waals surface area (Å²) >= 11 is 3.63. The zero-order valence-electron chi connectivity index (χ0n) is 12.4. The Morgan fingerprint density at radius 2 is 1.95 bits per heavy atom. The second-order valence-electron chi connectivity index (χ2n) is 5.14. The van der Waals surface area contributed by atoms with E-state index in [4.69, 9.17) is 0 Å². The summed E-state index contributed by atoms with van der Waals surface area (Å²) in [5, 5.41) is 11.6. The van der Waals surface area contributed by atoms with E-state index >= 15 is 0 Å². The number of rotatable bonds is 5. The van der Waals surface area contributed by atoms with Crippen molar-refractivity contribution < 1.29 is 0 Å². The summed E-state index contributed by atoms with van der Waals surface area (Å²) in [6.07, 6.45) is 2.93. The van der Waals surface area contributed by atoms with E-state index in [9.17, 15) is 0 Å². The molecule has 1 heterocycles. The molecule has 0 saturated heterocycles. The number of halogens is 1. The summed E-state index contributed by atoms with van der Waals surface area (Å²) in [4.78, 5) is 0. The zero-order valence-corrected chi connectivity index (χ0v) is 14.0. The Bertz CT molecular complexity index is 568. The molecule has 4 nitrogen and oxygen atoms in total. The fourth-order valence-corrected chi connectivity index (χ4v) is 2.62. The molecule has 5 heteroatoms. The molecular weight excluding hydrogens is 316 g/mol. The van der Waals surface area contributed by atoms with Gasteiger partial charge in [-0.3, -0.25) is 4.68 Å². The Morgan fingerprint density at radius 1 is 1.30 bits per heavy atom. The smallest absolute Gasteiger partial charge is 0.0798 e. The van der Waals surface area contributed by atoms with Crippen LogP contribution in [0, 0.1) is 13.8 Å². The van der Waals surface area contributed by atoms with E-state index in [-0.39, 0.29) is 6.04 Å². The van der Waals surface area contributed by atoms with E-state index < -0.39 is 0 Å². The molecule has 1 unspecified atom stereocenters. The molecule has 20 heavy (non-hydrogen) atoms. The molecule has 0 saturated carbocycles. The van der Waals surface area contributed by atoms with Crippen molar-refractivity contribution in [2.24, 2.45) is 7.05 Å². The minimum atomic E-state index is 0.125. The van der Waals surface area contributed by atoms with Gasteiger partial charge in [-0.05, 0) is 43.5 Å². The van der Waals surface area contributed by atoms with Gasteiger partial charge in [-0.15, -0.1) is 5.10 Å². The lowest BCUT2D eigenvalue weighted by molar-refractivity contribution is 0.550. The predicted molar refractivity (Wildman–Crippen MR) is 84.8 cm³/mol. The topological polar surface area (TPSA) is 42.7 Å². The molecule has 2 aromatic rings. The molecule has 2 rings (SSSR count). The SMILES string of the molecule is CCCNC(c1cc(C)c(Br)c(C)c1)c1cnnn1C. The molecule has 0 aliphatic carbocycles. The lowest BCUT2D eigenvalue weighted by Gasteiger charge is -2.20. The first-order valence-corrected chi connectivity index (χ1v) is 7.68. The molecule has 0 spiro atoms. The molecule has 0 aliphatic heterocycles. The summed E-state index contributed by atoms with van der Waals surface area (Å²) in [7, 11) is 1.93. The number of nitrogens with one attached hydrogen (secondary N) is 1. The molecule has 0 aliphatic rings. The summed E-state index contributed by atoms with van der Waals surface area (Å²) < 4.78 is 3.01. The largest absolute Gasteiger partial charge is 0.305 e. The molecule has 0 radical (unpaired) electrons. The van der Waals surface area contributed by atoms with Crippen LogP contribution in [0.15, 0.2) is 22.8 Å². The predicted octanol–water partition coefficient (Wildman–Crippen LogP) is 3.28. The van der Waals surface area contributed by atoms with Gasteiger partial charge >= 0.3 is 0 Å². The third kappa shape index (κ3) is 3.10. The van der Waals surface area contributed by atoms with Gasteiger partial charge in [-0.25, -0.2) is 0 Å². The molecule has 108 valence electrons. The summed E-state index contributed by atoms with van der Waals surface area (Å²) in [6.45, 7) is 7.38. The maximum Gasteiger partial charge on any atom is 0.0798 e. The minimum Gasteiger partial charge on any atom is -0.305 e. The number of hydrogen-bond acceptors (Lipinski definition) is 3. The molecule has 1 atom stereocenters. The zero-order chi connectivity index (χ0) is 14.7. The number of nitrogens with zero attached hydrogens (tertiary/aromatic N) is 3. The van der Waals surface area contributed by atoms with Gasteiger partial charge in [-0.2, -0.15) is 0 Å². The van der Waals surface area contributed by atoms with Crippen LogP contribution in [0.4, 0.5) is 0 Å². The van der Waals surface area contributed by atoms with Crippen LogP contribution in [0.2, 0.25) is 0 Å². The lowest BCUT2D eigenvalue weighted by Crippen LogP contribution is -2.25.